The Morgan fingerprint density at radius 2 is 2.38 bits per heavy atom. The van der Waals surface area contributed by atoms with Gasteiger partial charge >= 0.3 is 0 Å². The third-order valence-electron chi connectivity index (χ3n) is 3.25. The van der Waals surface area contributed by atoms with Crippen molar-refractivity contribution in [2.24, 2.45) is 11.8 Å². The van der Waals surface area contributed by atoms with Gasteiger partial charge in [0.15, 0.2) is 5.69 Å². The molecule has 1 aliphatic carbocycles. The second-order valence-electron chi connectivity index (χ2n) is 4.50. The predicted octanol–water partition coefficient (Wildman–Crippen LogP) is 0.940. The molecule has 1 heterocycles. The first kappa shape index (κ1) is 11.0. The quantitative estimate of drug-likeness (QED) is 0.709. The van der Waals surface area contributed by atoms with Crippen LogP contribution >= 0.6 is 0 Å². The number of amides is 1. The molecule has 1 aromatic rings. The van der Waals surface area contributed by atoms with Gasteiger partial charge in [-0.3, -0.25) is 9.89 Å². The number of nitrogens with zero attached hydrogens (tertiary/aromatic N) is 1. The minimum Gasteiger partial charge on any atom is -0.395 e. The summed E-state index contributed by atoms with van der Waals surface area (Å²) in [5.41, 5.74) is 7.43. The van der Waals surface area contributed by atoms with Crippen LogP contribution in [0.4, 0.5) is 5.69 Å². The number of carbonyl (C=O) groups excluding carboxylic acids is 1. The molecule has 0 saturated heterocycles. The van der Waals surface area contributed by atoms with Crippen molar-refractivity contribution in [3.05, 3.63) is 11.4 Å². The largest absolute Gasteiger partial charge is 0.395 e. The highest BCUT2D eigenvalue weighted by atomic mass is 16.1. The van der Waals surface area contributed by atoms with Crippen LogP contribution in [0.1, 0.15) is 36.5 Å². The summed E-state index contributed by atoms with van der Waals surface area (Å²) < 4.78 is 0. The van der Waals surface area contributed by atoms with Gasteiger partial charge in [-0.25, -0.2) is 0 Å². The Morgan fingerprint density at radius 1 is 1.69 bits per heavy atom. The molecule has 2 atom stereocenters. The van der Waals surface area contributed by atoms with E-state index in [1.54, 1.807) is 0 Å². The Kier molecular flexibility index (Phi) is 2.85. The van der Waals surface area contributed by atoms with E-state index >= 15 is 0 Å². The van der Waals surface area contributed by atoms with Gasteiger partial charge in [-0.05, 0) is 24.7 Å². The maximum absolute atomic E-state index is 11.8. The van der Waals surface area contributed by atoms with E-state index in [1.807, 2.05) is 6.92 Å². The molecule has 4 N–H and O–H groups in total. The summed E-state index contributed by atoms with van der Waals surface area (Å²) in [6.07, 6.45) is 1.96. The molecule has 2 unspecified atom stereocenters. The van der Waals surface area contributed by atoms with E-state index in [1.165, 1.54) is 6.42 Å². The molecule has 0 aromatic carbocycles. The molecule has 1 amide bonds. The van der Waals surface area contributed by atoms with Crippen molar-refractivity contribution >= 4 is 11.6 Å². The van der Waals surface area contributed by atoms with E-state index in [-0.39, 0.29) is 5.91 Å². The topological polar surface area (TPSA) is 83.8 Å². The summed E-state index contributed by atoms with van der Waals surface area (Å²) in [6.45, 7) is 4.89. The van der Waals surface area contributed by atoms with Crippen molar-refractivity contribution in [3.63, 3.8) is 0 Å². The highest BCUT2D eigenvalue weighted by molar-refractivity contribution is 5.97. The maximum atomic E-state index is 11.8. The fourth-order valence-electron chi connectivity index (χ4n) is 1.82. The van der Waals surface area contributed by atoms with Crippen LogP contribution in [0.25, 0.3) is 0 Å². The van der Waals surface area contributed by atoms with Crippen molar-refractivity contribution < 1.29 is 4.79 Å². The fourth-order valence-corrected chi connectivity index (χ4v) is 1.82. The first-order valence-electron chi connectivity index (χ1n) is 5.74. The summed E-state index contributed by atoms with van der Waals surface area (Å²) in [5, 5.41) is 9.59. The molecule has 1 aromatic heterocycles. The Labute approximate surface area is 94.8 Å². The van der Waals surface area contributed by atoms with Crippen LogP contribution in [0.2, 0.25) is 0 Å². The molecule has 88 valence electrons. The number of carbonyl (C=O) groups is 1. The van der Waals surface area contributed by atoms with Crippen LogP contribution in [-0.2, 0) is 6.42 Å². The van der Waals surface area contributed by atoms with Crippen LogP contribution in [-0.4, -0.2) is 22.6 Å². The lowest BCUT2D eigenvalue weighted by molar-refractivity contribution is 0.0947. The molecule has 5 heteroatoms. The van der Waals surface area contributed by atoms with Crippen molar-refractivity contribution in [2.45, 2.75) is 26.7 Å². The second kappa shape index (κ2) is 4.15. The number of aromatic amines is 1. The lowest BCUT2D eigenvalue weighted by Crippen LogP contribution is -2.27. The van der Waals surface area contributed by atoms with Gasteiger partial charge in [-0.15, -0.1) is 0 Å². The van der Waals surface area contributed by atoms with Gasteiger partial charge in [0.2, 0.25) is 0 Å². The van der Waals surface area contributed by atoms with E-state index in [0.717, 1.165) is 24.6 Å². The fraction of sp³-hybridized carbons (Fsp3) is 0.636. The van der Waals surface area contributed by atoms with Crippen LogP contribution < -0.4 is 11.1 Å². The zero-order valence-corrected chi connectivity index (χ0v) is 9.71. The summed E-state index contributed by atoms with van der Waals surface area (Å²) in [6, 6.07) is 0. The Hall–Kier alpha value is -1.52. The first-order valence-corrected chi connectivity index (χ1v) is 5.74. The predicted molar refractivity (Wildman–Crippen MR) is 62.0 cm³/mol. The van der Waals surface area contributed by atoms with Gasteiger partial charge in [0.1, 0.15) is 0 Å². The van der Waals surface area contributed by atoms with Crippen LogP contribution in [0.5, 0.6) is 0 Å². The van der Waals surface area contributed by atoms with E-state index in [4.69, 9.17) is 5.73 Å². The van der Waals surface area contributed by atoms with E-state index < -0.39 is 0 Å². The Balaban J connectivity index is 1.95. The molecule has 0 spiro atoms. The third-order valence-corrected chi connectivity index (χ3v) is 3.25. The van der Waals surface area contributed by atoms with E-state index in [9.17, 15) is 4.79 Å². The van der Waals surface area contributed by atoms with Crippen LogP contribution in [0, 0.1) is 11.8 Å². The number of H-pyrrole nitrogens is 1. The number of aryl methyl sites for hydroxylation is 1. The molecule has 16 heavy (non-hydrogen) atoms. The maximum Gasteiger partial charge on any atom is 0.273 e. The number of nitrogen functional groups attached to an aromatic ring is 1. The minimum atomic E-state index is -0.174. The number of nitrogens with one attached hydrogen (secondary N) is 2. The molecular formula is C11H18N4O. The van der Waals surface area contributed by atoms with E-state index in [2.05, 4.69) is 22.4 Å². The number of nitrogens with two attached hydrogens (primary N) is 1. The number of rotatable bonds is 4. The van der Waals surface area contributed by atoms with Crippen molar-refractivity contribution in [2.75, 3.05) is 12.3 Å². The first-order chi connectivity index (χ1) is 7.63. The molecule has 1 aliphatic rings. The smallest absolute Gasteiger partial charge is 0.273 e. The SMILES string of the molecule is CCc1[nH]nc(C(=O)NCC2CC2C)c1N. The standard InChI is InChI=1S/C11H18N4O/c1-3-8-9(12)10(15-14-8)11(16)13-5-7-4-6(7)2/h6-7H,3-5,12H2,1-2H3,(H,13,16)(H,14,15). The summed E-state index contributed by atoms with van der Waals surface area (Å²) in [7, 11) is 0. The van der Waals surface area contributed by atoms with Gasteiger partial charge in [0.25, 0.3) is 5.91 Å². The molecule has 0 radical (unpaired) electrons. The molecule has 0 aliphatic heterocycles. The summed E-state index contributed by atoms with van der Waals surface area (Å²) in [4.78, 5) is 11.8. The summed E-state index contributed by atoms with van der Waals surface area (Å²) in [5.74, 6) is 1.20. The van der Waals surface area contributed by atoms with Gasteiger partial charge in [-0.2, -0.15) is 5.10 Å². The molecule has 2 rings (SSSR count). The molecule has 1 fully saturated rings. The lowest BCUT2D eigenvalue weighted by Gasteiger charge is -2.02. The van der Waals surface area contributed by atoms with E-state index in [0.29, 0.717) is 17.3 Å². The highest BCUT2D eigenvalue weighted by Gasteiger charge is 2.32. The van der Waals surface area contributed by atoms with Gasteiger partial charge < -0.3 is 11.1 Å². The minimum absolute atomic E-state index is 0.174. The highest BCUT2D eigenvalue weighted by Crippen LogP contribution is 2.36. The van der Waals surface area contributed by atoms with Gasteiger partial charge in [0.05, 0.1) is 11.4 Å². The Bertz CT molecular complexity index is 399. The molecule has 1 saturated carbocycles. The summed E-state index contributed by atoms with van der Waals surface area (Å²) >= 11 is 0. The van der Waals surface area contributed by atoms with Crippen molar-refractivity contribution in [3.8, 4) is 0 Å². The lowest BCUT2D eigenvalue weighted by atomic mass is 10.2. The second-order valence-corrected chi connectivity index (χ2v) is 4.50. The number of aromatic nitrogens is 2. The van der Waals surface area contributed by atoms with Crippen LogP contribution in [0.15, 0.2) is 0 Å². The van der Waals surface area contributed by atoms with Crippen LogP contribution in [0.3, 0.4) is 0 Å². The Morgan fingerprint density at radius 3 is 2.88 bits per heavy atom. The monoisotopic (exact) mass is 222 g/mol. The third kappa shape index (κ3) is 2.03. The average Bonchev–Trinajstić information content (AvgIpc) is 2.83. The number of anilines is 1. The normalized spacial score (nSPS) is 23.1. The van der Waals surface area contributed by atoms with Crippen molar-refractivity contribution in [1.29, 1.82) is 0 Å². The number of hydrogen-bond donors (Lipinski definition) is 3. The van der Waals surface area contributed by atoms with Gasteiger partial charge in [-0.1, -0.05) is 13.8 Å². The van der Waals surface area contributed by atoms with Crippen molar-refractivity contribution in [1.82, 2.24) is 15.5 Å². The van der Waals surface area contributed by atoms with Gasteiger partial charge in [0, 0.05) is 6.54 Å². The molecular weight excluding hydrogens is 204 g/mol. The number of hydrogen-bond acceptors (Lipinski definition) is 3. The average molecular weight is 222 g/mol. The molecule has 5 nitrogen and oxygen atoms in total. The zero-order chi connectivity index (χ0) is 11.7. The zero-order valence-electron chi connectivity index (χ0n) is 9.71. The molecule has 0 bridgehead atoms.